The molecule has 0 bridgehead atoms. The molecule has 1 saturated carbocycles. The van der Waals surface area contributed by atoms with E-state index in [2.05, 4.69) is 6.92 Å². The molecule has 2 unspecified atom stereocenters. The number of nitriles is 1. The van der Waals surface area contributed by atoms with E-state index in [0.29, 0.717) is 11.7 Å². The number of hydrogen-bond acceptors (Lipinski definition) is 4. The Morgan fingerprint density at radius 2 is 2.20 bits per heavy atom. The summed E-state index contributed by atoms with van der Waals surface area (Å²) >= 11 is 0. The smallest absolute Gasteiger partial charge is 0.290 e. The number of nitro benzene ring substituents is 1. The highest BCUT2D eigenvalue weighted by Crippen LogP contribution is 2.32. The second kappa shape index (κ2) is 6.38. The van der Waals surface area contributed by atoms with Gasteiger partial charge in [0.05, 0.1) is 11.0 Å². The van der Waals surface area contributed by atoms with Crippen molar-refractivity contribution in [2.45, 2.75) is 45.1 Å². The lowest BCUT2D eigenvalue weighted by atomic mass is 9.85. The number of ether oxygens (including phenoxy) is 1. The number of benzene rings is 1. The van der Waals surface area contributed by atoms with E-state index in [1.807, 2.05) is 6.07 Å². The topological polar surface area (TPSA) is 76.2 Å². The fourth-order valence-corrected chi connectivity index (χ4v) is 2.80. The highest BCUT2D eigenvalue weighted by Gasteiger charge is 2.26. The van der Waals surface area contributed by atoms with Crippen molar-refractivity contribution in [3.8, 4) is 11.8 Å². The maximum atomic E-state index is 10.9. The van der Waals surface area contributed by atoms with E-state index in [0.717, 1.165) is 25.7 Å². The minimum absolute atomic E-state index is 0.0676. The summed E-state index contributed by atoms with van der Waals surface area (Å²) in [6.07, 6.45) is 5.70. The number of hydrogen-bond donors (Lipinski definition) is 0. The number of nitrogens with zero attached hydrogens (tertiary/aromatic N) is 2. The third-order valence-electron chi connectivity index (χ3n) is 3.94. The Bertz CT molecular complexity index is 536. The predicted octanol–water partition coefficient (Wildman–Crippen LogP) is 3.81. The molecule has 2 rings (SSSR count). The average molecular weight is 274 g/mol. The first kappa shape index (κ1) is 14.3. The van der Waals surface area contributed by atoms with Crippen LogP contribution in [-0.4, -0.2) is 11.0 Å². The molecule has 1 fully saturated rings. The molecule has 5 nitrogen and oxygen atoms in total. The van der Waals surface area contributed by atoms with Crippen molar-refractivity contribution in [3.63, 3.8) is 0 Å². The fraction of sp³-hybridized carbons (Fsp3) is 0.533. The van der Waals surface area contributed by atoms with Gasteiger partial charge in [-0.1, -0.05) is 13.3 Å². The maximum Gasteiger partial charge on any atom is 0.290 e. The van der Waals surface area contributed by atoms with E-state index < -0.39 is 4.92 Å². The molecule has 106 valence electrons. The SMILES string of the molecule is CCC1CCCCC1Oc1ccc(C#N)c([N+](=O)[O-])c1. The van der Waals surface area contributed by atoms with Crippen molar-refractivity contribution in [1.29, 1.82) is 5.26 Å². The van der Waals surface area contributed by atoms with Gasteiger partial charge < -0.3 is 4.74 Å². The molecule has 1 aromatic rings. The van der Waals surface area contributed by atoms with E-state index in [4.69, 9.17) is 10.00 Å². The van der Waals surface area contributed by atoms with Crippen molar-refractivity contribution in [3.05, 3.63) is 33.9 Å². The lowest BCUT2D eigenvalue weighted by molar-refractivity contribution is -0.385. The molecule has 1 aliphatic rings. The molecule has 1 aromatic carbocycles. The van der Waals surface area contributed by atoms with Gasteiger partial charge in [0, 0.05) is 0 Å². The van der Waals surface area contributed by atoms with Crippen molar-refractivity contribution >= 4 is 5.69 Å². The van der Waals surface area contributed by atoms with Gasteiger partial charge in [0.25, 0.3) is 5.69 Å². The summed E-state index contributed by atoms with van der Waals surface area (Å²) in [4.78, 5) is 10.4. The molecule has 0 N–H and O–H groups in total. The van der Waals surface area contributed by atoms with Crippen LogP contribution in [0.5, 0.6) is 5.75 Å². The first-order valence-electron chi connectivity index (χ1n) is 7.01. The van der Waals surface area contributed by atoms with Crippen LogP contribution in [-0.2, 0) is 0 Å². The van der Waals surface area contributed by atoms with E-state index in [1.165, 1.54) is 18.6 Å². The Hall–Kier alpha value is -2.09. The normalized spacial score (nSPS) is 22.0. The van der Waals surface area contributed by atoms with Gasteiger partial charge in [0.1, 0.15) is 23.5 Å². The summed E-state index contributed by atoms with van der Waals surface area (Å²) in [7, 11) is 0. The molecule has 2 atom stereocenters. The highest BCUT2D eigenvalue weighted by atomic mass is 16.6. The zero-order chi connectivity index (χ0) is 14.5. The van der Waals surface area contributed by atoms with E-state index in [9.17, 15) is 10.1 Å². The zero-order valence-corrected chi connectivity index (χ0v) is 11.5. The van der Waals surface area contributed by atoms with Crippen molar-refractivity contribution < 1.29 is 9.66 Å². The fourth-order valence-electron chi connectivity index (χ4n) is 2.80. The third kappa shape index (κ3) is 3.08. The van der Waals surface area contributed by atoms with Crippen LogP contribution in [0.1, 0.15) is 44.6 Å². The lowest BCUT2D eigenvalue weighted by Crippen LogP contribution is -2.29. The van der Waals surface area contributed by atoms with Crippen LogP contribution in [0.3, 0.4) is 0 Å². The van der Waals surface area contributed by atoms with Crippen molar-refractivity contribution in [2.75, 3.05) is 0 Å². The van der Waals surface area contributed by atoms with Crippen LogP contribution in [0.4, 0.5) is 5.69 Å². The molecule has 0 heterocycles. The van der Waals surface area contributed by atoms with Crippen molar-refractivity contribution in [1.82, 2.24) is 0 Å². The van der Waals surface area contributed by atoms with Gasteiger partial charge in [-0.3, -0.25) is 10.1 Å². The quantitative estimate of drug-likeness (QED) is 0.617. The molecule has 1 aliphatic carbocycles. The molecule has 0 amide bonds. The van der Waals surface area contributed by atoms with Crippen LogP contribution in [0, 0.1) is 27.4 Å². The number of rotatable bonds is 4. The van der Waals surface area contributed by atoms with Crippen LogP contribution in [0.15, 0.2) is 18.2 Å². The van der Waals surface area contributed by atoms with E-state index in [1.54, 1.807) is 6.07 Å². The molecule has 0 aromatic heterocycles. The molecular formula is C15H18N2O3. The summed E-state index contributed by atoms with van der Waals surface area (Å²) in [5, 5.41) is 19.8. The lowest BCUT2D eigenvalue weighted by Gasteiger charge is -2.31. The number of nitro groups is 1. The minimum atomic E-state index is -0.538. The van der Waals surface area contributed by atoms with Gasteiger partial charge in [0.15, 0.2) is 0 Å². The molecule has 0 saturated heterocycles. The van der Waals surface area contributed by atoms with Crippen LogP contribution < -0.4 is 4.74 Å². The van der Waals surface area contributed by atoms with Gasteiger partial charge in [-0.15, -0.1) is 0 Å². The Kier molecular flexibility index (Phi) is 4.57. The van der Waals surface area contributed by atoms with Crippen LogP contribution >= 0.6 is 0 Å². The van der Waals surface area contributed by atoms with Gasteiger partial charge in [-0.2, -0.15) is 5.26 Å². The summed E-state index contributed by atoms with van der Waals surface area (Å²) in [5.74, 6) is 1.000. The second-order valence-corrected chi connectivity index (χ2v) is 5.16. The maximum absolute atomic E-state index is 10.9. The van der Waals surface area contributed by atoms with Gasteiger partial charge in [-0.05, 0) is 43.7 Å². The van der Waals surface area contributed by atoms with Gasteiger partial charge >= 0.3 is 0 Å². The largest absolute Gasteiger partial charge is 0.490 e. The zero-order valence-electron chi connectivity index (χ0n) is 11.5. The third-order valence-corrected chi connectivity index (χ3v) is 3.94. The summed E-state index contributed by atoms with van der Waals surface area (Å²) in [5.41, 5.74) is -0.119. The van der Waals surface area contributed by atoms with Gasteiger partial charge in [-0.25, -0.2) is 0 Å². The summed E-state index contributed by atoms with van der Waals surface area (Å²) in [6, 6.07) is 6.29. The standard InChI is InChI=1S/C15H18N2O3/c1-2-11-5-3-4-6-15(11)20-13-8-7-12(10-16)14(9-13)17(18)19/h7-9,11,15H,2-6H2,1H3. The van der Waals surface area contributed by atoms with Crippen LogP contribution in [0.2, 0.25) is 0 Å². The Labute approximate surface area is 118 Å². The van der Waals surface area contributed by atoms with Crippen molar-refractivity contribution in [2.24, 2.45) is 5.92 Å². The molecule has 5 heteroatoms. The van der Waals surface area contributed by atoms with Gasteiger partial charge in [0.2, 0.25) is 0 Å². The summed E-state index contributed by atoms with van der Waals surface area (Å²) < 4.78 is 5.94. The molecule has 20 heavy (non-hydrogen) atoms. The Morgan fingerprint density at radius 1 is 1.45 bits per heavy atom. The second-order valence-electron chi connectivity index (χ2n) is 5.16. The Morgan fingerprint density at radius 3 is 2.85 bits per heavy atom. The molecular weight excluding hydrogens is 256 g/mol. The average Bonchev–Trinajstić information content (AvgIpc) is 2.47. The monoisotopic (exact) mass is 274 g/mol. The van der Waals surface area contributed by atoms with Crippen LogP contribution in [0.25, 0.3) is 0 Å². The Balaban J connectivity index is 2.19. The van der Waals surface area contributed by atoms with E-state index >= 15 is 0 Å². The highest BCUT2D eigenvalue weighted by molar-refractivity contribution is 5.52. The minimum Gasteiger partial charge on any atom is -0.490 e. The molecule has 0 spiro atoms. The first-order valence-corrected chi connectivity index (χ1v) is 7.01. The van der Waals surface area contributed by atoms with E-state index in [-0.39, 0.29) is 17.4 Å². The first-order chi connectivity index (χ1) is 9.65. The molecule has 0 aliphatic heterocycles. The summed E-state index contributed by atoms with van der Waals surface area (Å²) in [6.45, 7) is 2.15. The predicted molar refractivity (Wildman–Crippen MR) is 74.5 cm³/mol. The molecule has 0 radical (unpaired) electrons.